The number of para-hydroxylation sites is 1. The quantitative estimate of drug-likeness (QED) is 0.693. The lowest BCUT2D eigenvalue weighted by atomic mass is 10.1. The third kappa shape index (κ3) is 3.01. The van der Waals surface area contributed by atoms with E-state index in [1.54, 1.807) is 6.07 Å². The highest BCUT2D eigenvalue weighted by atomic mass is 35.5. The van der Waals surface area contributed by atoms with E-state index in [4.69, 9.17) is 11.6 Å². The molecule has 23 heavy (non-hydrogen) atoms. The molecule has 3 aromatic rings. The first-order valence-corrected chi connectivity index (χ1v) is 7.70. The van der Waals surface area contributed by atoms with Crippen molar-refractivity contribution in [1.29, 1.82) is 0 Å². The first-order valence-electron chi connectivity index (χ1n) is 7.32. The van der Waals surface area contributed by atoms with Gasteiger partial charge in [0.1, 0.15) is 6.29 Å². The Morgan fingerprint density at radius 1 is 1.30 bits per heavy atom. The van der Waals surface area contributed by atoms with E-state index in [9.17, 15) is 4.79 Å². The highest BCUT2D eigenvalue weighted by Gasteiger charge is 2.10. The minimum absolute atomic E-state index is 0.365. The van der Waals surface area contributed by atoms with Crippen LogP contribution in [0.2, 0.25) is 5.02 Å². The van der Waals surface area contributed by atoms with Gasteiger partial charge in [-0.15, -0.1) is 0 Å². The van der Waals surface area contributed by atoms with Crippen LogP contribution in [0.4, 0.5) is 5.69 Å². The van der Waals surface area contributed by atoms with E-state index < -0.39 is 0 Å². The highest BCUT2D eigenvalue weighted by Crippen LogP contribution is 2.30. The topological polar surface area (TPSA) is 34.0 Å². The molecule has 0 amide bonds. The number of carbonyl (C=O) groups is 1. The molecule has 116 valence electrons. The van der Waals surface area contributed by atoms with E-state index >= 15 is 0 Å². The van der Waals surface area contributed by atoms with Crippen molar-refractivity contribution in [2.45, 2.75) is 6.42 Å². The van der Waals surface area contributed by atoms with Crippen molar-refractivity contribution in [1.82, 2.24) is 4.57 Å². The summed E-state index contributed by atoms with van der Waals surface area (Å²) in [6.07, 6.45) is 3.28. The van der Waals surface area contributed by atoms with Gasteiger partial charge in [-0.3, -0.25) is 0 Å². The average Bonchev–Trinajstić information content (AvgIpc) is 2.88. The molecule has 3 rings (SSSR count). The second-order valence-corrected chi connectivity index (χ2v) is 5.87. The second-order valence-electron chi connectivity index (χ2n) is 5.46. The van der Waals surface area contributed by atoms with E-state index in [1.165, 1.54) is 0 Å². The number of anilines is 1. The predicted molar refractivity (Wildman–Crippen MR) is 96.8 cm³/mol. The maximum atomic E-state index is 10.6. The number of benzene rings is 2. The molecule has 0 bridgehead atoms. The van der Waals surface area contributed by atoms with E-state index in [-0.39, 0.29) is 0 Å². The number of nitrogens with zero attached hydrogens (tertiary/aromatic N) is 1. The van der Waals surface area contributed by atoms with E-state index in [2.05, 4.69) is 34.8 Å². The molecule has 0 fully saturated rings. The third-order valence-corrected chi connectivity index (χ3v) is 4.17. The summed E-state index contributed by atoms with van der Waals surface area (Å²) in [5.41, 5.74) is 4.64. The summed E-state index contributed by atoms with van der Waals surface area (Å²) in [4.78, 5) is 10.6. The lowest BCUT2D eigenvalue weighted by Crippen LogP contribution is -1.98. The Hall–Kier alpha value is -2.52. The zero-order valence-electron chi connectivity index (χ0n) is 12.8. The van der Waals surface area contributed by atoms with Crippen molar-refractivity contribution in [3.05, 3.63) is 71.4 Å². The van der Waals surface area contributed by atoms with Gasteiger partial charge in [0.2, 0.25) is 0 Å². The smallest absolute Gasteiger partial charge is 0.124 e. The molecule has 1 heterocycles. The molecule has 4 heteroatoms. The van der Waals surface area contributed by atoms with Gasteiger partial charge in [0.25, 0.3) is 0 Å². The summed E-state index contributed by atoms with van der Waals surface area (Å²) >= 11 is 6.30. The molecule has 0 aliphatic rings. The minimum atomic E-state index is 0.365. The molecule has 1 aromatic heterocycles. The van der Waals surface area contributed by atoms with Crippen molar-refractivity contribution < 1.29 is 4.79 Å². The van der Waals surface area contributed by atoms with Gasteiger partial charge < -0.3 is 14.7 Å². The van der Waals surface area contributed by atoms with Crippen LogP contribution in [0.15, 0.2) is 55.2 Å². The fraction of sp³-hybridized carbons (Fsp3) is 0.105. The van der Waals surface area contributed by atoms with Crippen LogP contribution in [-0.4, -0.2) is 10.9 Å². The second kappa shape index (κ2) is 6.31. The highest BCUT2D eigenvalue weighted by molar-refractivity contribution is 6.33. The molecule has 0 spiro atoms. The van der Waals surface area contributed by atoms with Gasteiger partial charge in [-0.25, -0.2) is 0 Å². The summed E-state index contributed by atoms with van der Waals surface area (Å²) in [7, 11) is 2.01. The molecule has 0 aliphatic carbocycles. The standard InChI is InChI=1S/C19H17ClN2O/c1-13(16-12-22(2)19-6-4-3-5-15(16)19)21-18-8-7-14(9-10-23)11-17(18)20/h3-8,10-12,21H,1,9H2,2H3. The minimum Gasteiger partial charge on any atom is -0.354 e. The number of hydrogen-bond donors (Lipinski definition) is 1. The number of rotatable bonds is 5. The van der Waals surface area contributed by atoms with Gasteiger partial charge in [0.15, 0.2) is 0 Å². The lowest BCUT2D eigenvalue weighted by Gasteiger charge is -2.11. The van der Waals surface area contributed by atoms with Gasteiger partial charge in [-0.05, 0) is 23.8 Å². The summed E-state index contributed by atoms with van der Waals surface area (Å²) in [5, 5.41) is 4.99. The first kappa shape index (κ1) is 15.4. The molecule has 0 saturated heterocycles. The predicted octanol–water partition coefficient (Wildman–Crippen LogP) is 4.66. The van der Waals surface area contributed by atoms with E-state index in [1.807, 2.05) is 31.3 Å². The molecule has 0 unspecified atom stereocenters. The van der Waals surface area contributed by atoms with Crippen LogP contribution in [0.25, 0.3) is 16.6 Å². The Kier molecular flexibility index (Phi) is 4.22. The van der Waals surface area contributed by atoms with Crippen molar-refractivity contribution in [3.8, 4) is 0 Å². The van der Waals surface area contributed by atoms with E-state index in [0.717, 1.165) is 39.7 Å². The average molecular weight is 325 g/mol. The first-order chi connectivity index (χ1) is 11.1. The molecular weight excluding hydrogens is 308 g/mol. The molecule has 1 N–H and O–H groups in total. The van der Waals surface area contributed by atoms with Crippen LogP contribution in [-0.2, 0) is 18.3 Å². The molecule has 0 saturated carbocycles. The zero-order chi connectivity index (χ0) is 16.4. The van der Waals surface area contributed by atoms with Crippen molar-refractivity contribution >= 4 is 40.2 Å². The van der Waals surface area contributed by atoms with Gasteiger partial charge >= 0.3 is 0 Å². The lowest BCUT2D eigenvalue weighted by molar-refractivity contribution is -0.107. The molecule has 2 aromatic carbocycles. The SMILES string of the molecule is C=C(Nc1ccc(CC=O)cc1Cl)c1cn(C)c2ccccc12. The van der Waals surface area contributed by atoms with Gasteiger partial charge in [0.05, 0.1) is 10.7 Å². The van der Waals surface area contributed by atoms with Crippen molar-refractivity contribution in [2.24, 2.45) is 7.05 Å². The number of aryl methyl sites for hydroxylation is 1. The maximum absolute atomic E-state index is 10.6. The summed E-state index contributed by atoms with van der Waals surface area (Å²) in [5.74, 6) is 0. The Morgan fingerprint density at radius 3 is 2.83 bits per heavy atom. The van der Waals surface area contributed by atoms with Gasteiger partial charge in [0, 0.05) is 41.8 Å². The molecular formula is C19H17ClN2O. The fourth-order valence-corrected chi connectivity index (χ4v) is 2.95. The van der Waals surface area contributed by atoms with Gasteiger partial charge in [-0.1, -0.05) is 42.4 Å². The maximum Gasteiger partial charge on any atom is 0.124 e. The molecule has 3 nitrogen and oxygen atoms in total. The largest absolute Gasteiger partial charge is 0.354 e. The summed E-state index contributed by atoms with van der Waals surface area (Å²) in [6.45, 7) is 4.14. The Balaban J connectivity index is 1.90. The Bertz CT molecular complexity index is 896. The normalized spacial score (nSPS) is 10.7. The molecule has 0 radical (unpaired) electrons. The van der Waals surface area contributed by atoms with Gasteiger partial charge in [-0.2, -0.15) is 0 Å². The number of aldehydes is 1. The summed E-state index contributed by atoms with van der Waals surface area (Å²) < 4.78 is 2.08. The number of carbonyl (C=O) groups excluding carboxylic acids is 1. The number of halogens is 1. The van der Waals surface area contributed by atoms with Crippen LogP contribution >= 0.6 is 11.6 Å². The summed E-state index contributed by atoms with van der Waals surface area (Å²) in [6, 6.07) is 13.7. The van der Waals surface area contributed by atoms with Crippen LogP contribution < -0.4 is 5.32 Å². The van der Waals surface area contributed by atoms with Crippen LogP contribution in [0.3, 0.4) is 0 Å². The Labute approximate surface area is 140 Å². The van der Waals surface area contributed by atoms with Crippen molar-refractivity contribution in [3.63, 3.8) is 0 Å². The fourth-order valence-electron chi connectivity index (χ4n) is 2.70. The van der Waals surface area contributed by atoms with E-state index in [0.29, 0.717) is 11.4 Å². The molecule has 0 aliphatic heterocycles. The third-order valence-electron chi connectivity index (χ3n) is 3.86. The van der Waals surface area contributed by atoms with Crippen LogP contribution in [0.1, 0.15) is 11.1 Å². The Morgan fingerprint density at radius 2 is 2.09 bits per heavy atom. The number of hydrogen-bond acceptors (Lipinski definition) is 2. The van der Waals surface area contributed by atoms with Crippen molar-refractivity contribution in [2.75, 3.05) is 5.32 Å². The zero-order valence-corrected chi connectivity index (χ0v) is 13.6. The number of fused-ring (bicyclic) bond motifs is 1. The van der Waals surface area contributed by atoms with Crippen LogP contribution in [0.5, 0.6) is 0 Å². The monoisotopic (exact) mass is 324 g/mol. The number of aromatic nitrogens is 1. The van der Waals surface area contributed by atoms with Crippen LogP contribution in [0, 0.1) is 0 Å². The number of nitrogens with one attached hydrogen (secondary N) is 1. The molecule has 0 atom stereocenters.